The van der Waals surface area contributed by atoms with Gasteiger partial charge in [-0.2, -0.15) is 0 Å². The summed E-state index contributed by atoms with van der Waals surface area (Å²) in [5.74, 6) is 0.727. The molecule has 0 amide bonds. The average molecular weight is 202 g/mol. The number of carbonyl (C=O) groups excluding carboxylic acids is 2. The van der Waals surface area contributed by atoms with E-state index >= 15 is 0 Å². The molecule has 0 fully saturated rings. The maximum atomic E-state index is 11.2. The van der Waals surface area contributed by atoms with Crippen molar-refractivity contribution in [3.8, 4) is 5.75 Å². The van der Waals surface area contributed by atoms with Crippen LogP contribution < -0.4 is 4.74 Å². The maximum absolute atomic E-state index is 11.2. The molecule has 1 aromatic carbocycles. The number of hydrogen-bond acceptors (Lipinski definition) is 3. The molecule has 76 valence electrons. The number of ether oxygens (including phenoxy) is 1. The maximum Gasteiger partial charge on any atom is 0.159 e. The van der Waals surface area contributed by atoms with Gasteiger partial charge in [0.15, 0.2) is 5.78 Å². The van der Waals surface area contributed by atoms with Gasteiger partial charge in [0.1, 0.15) is 12.0 Å². The Kier molecular flexibility index (Phi) is 2.37. The van der Waals surface area contributed by atoms with Crippen molar-refractivity contribution in [2.45, 2.75) is 13.3 Å². The predicted molar refractivity (Wildman–Crippen MR) is 54.9 cm³/mol. The van der Waals surface area contributed by atoms with Gasteiger partial charge in [-0.05, 0) is 25.1 Å². The van der Waals surface area contributed by atoms with Gasteiger partial charge in [-0.25, -0.2) is 0 Å². The monoisotopic (exact) mass is 202 g/mol. The molecular weight excluding hydrogens is 192 g/mol. The second-order valence-corrected chi connectivity index (χ2v) is 3.48. The number of aldehydes is 1. The number of fused-ring (bicyclic) bond motifs is 1. The van der Waals surface area contributed by atoms with Crippen LogP contribution in [-0.4, -0.2) is 12.1 Å². The number of carbonyl (C=O) groups is 2. The molecule has 0 spiro atoms. The Hall–Kier alpha value is -1.90. The second kappa shape index (κ2) is 3.69. The van der Waals surface area contributed by atoms with E-state index in [0.29, 0.717) is 23.3 Å². The zero-order valence-electron chi connectivity index (χ0n) is 8.32. The number of hydrogen-bond donors (Lipinski definition) is 0. The third-order valence-electron chi connectivity index (χ3n) is 2.35. The molecule has 0 unspecified atom stereocenters. The highest BCUT2D eigenvalue weighted by Gasteiger charge is 2.13. The van der Waals surface area contributed by atoms with Crippen molar-refractivity contribution in [1.29, 1.82) is 0 Å². The number of Topliss-reactive ketones (excluding diaryl/α,β-unsaturated/α-hetero) is 1. The topological polar surface area (TPSA) is 43.4 Å². The molecule has 0 N–H and O–H groups in total. The Morgan fingerprint density at radius 1 is 1.47 bits per heavy atom. The van der Waals surface area contributed by atoms with Gasteiger partial charge in [0.2, 0.25) is 0 Å². The van der Waals surface area contributed by atoms with Crippen LogP contribution in [0.25, 0.3) is 0 Å². The fourth-order valence-corrected chi connectivity index (χ4v) is 1.52. The second-order valence-electron chi connectivity index (χ2n) is 3.48. The summed E-state index contributed by atoms with van der Waals surface area (Å²) in [6.07, 6.45) is 2.74. The minimum absolute atomic E-state index is 0.0139. The number of ketones is 1. The number of rotatable bonds is 2. The SMILES string of the molecule is CC(=O)c1ccc2c(c1)CC(C=O)=CO2. The van der Waals surface area contributed by atoms with Crippen LogP contribution in [0, 0.1) is 0 Å². The largest absolute Gasteiger partial charge is 0.464 e. The van der Waals surface area contributed by atoms with Crippen LogP contribution in [0.2, 0.25) is 0 Å². The van der Waals surface area contributed by atoms with Gasteiger partial charge in [0.05, 0.1) is 6.26 Å². The first-order valence-electron chi connectivity index (χ1n) is 4.65. The summed E-state index contributed by atoms with van der Waals surface area (Å²) in [6, 6.07) is 5.25. The van der Waals surface area contributed by atoms with Crippen LogP contribution in [0.15, 0.2) is 30.0 Å². The third kappa shape index (κ3) is 1.81. The smallest absolute Gasteiger partial charge is 0.159 e. The number of allylic oxidation sites excluding steroid dienone is 1. The summed E-state index contributed by atoms with van der Waals surface area (Å²) in [4.78, 5) is 21.7. The quantitative estimate of drug-likeness (QED) is 0.543. The lowest BCUT2D eigenvalue weighted by atomic mass is 10.0. The standard InChI is InChI=1S/C12H10O3/c1-8(14)10-2-3-12-11(5-10)4-9(6-13)7-15-12/h2-3,5-7H,4H2,1H3. The minimum atomic E-state index is 0.0139. The van der Waals surface area contributed by atoms with Gasteiger partial charge in [-0.15, -0.1) is 0 Å². The molecule has 15 heavy (non-hydrogen) atoms. The zero-order chi connectivity index (χ0) is 10.8. The molecule has 1 aliphatic rings. The van der Waals surface area contributed by atoms with E-state index in [0.717, 1.165) is 11.8 Å². The first-order valence-corrected chi connectivity index (χ1v) is 4.65. The normalized spacial score (nSPS) is 13.5. The lowest BCUT2D eigenvalue weighted by Gasteiger charge is -2.14. The van der Waals surface area contributed by atoms with Crippen LogP contribution in [-0.2, 0) is 11.2 Å². The Morgan fingerprint density at radius 3 is 2.93 bits per heavy atom. The zero-order valence-corrected chi connectivity index (χ0v) is 8.32. The van der Waals surface area contributed by atoms with Crippen molar-refractivity contribution in [3.63, 3.8) is 0 Å². The lowest BCUT2D eigenvalue weighted by Crippen LogP contribution is -2.05. The molecule has 0 saturated heterocycles. The Balaban J connectivity index is 2.39. The van der Waals surface area contributed by atoms with Crippen molar-refractivity contribution in [3.05, 3.63) is 41.2 Å². The van der Waals surface area contributed by atoms with Gasteiger partial charge in [0, 0.05) is 23.1 Å². The van der Waals surface area contributed by atoms with E-state index < -0.39 is 0 Å². The highest BCUT2D eigenvalue weighted by Crippen LogP contribution is 2.26. The van der Waals surface area contributed by atoms with Gasteiger partial charge in [0.25, 0.3) is 0 Å². The molecular formula is C12H10O3. The fraction of sp³-hybridized carbons (Fsp3) is 0.167. The van der Waals surface area contributed by atoms with E-state index in [1.54, 1.807) is 18.2 Å². The Labute approximate surface area is 87.4 Å². The van der Waals surface area contributed by atoms with Crippen LogP contribution in [0.4, 0.5) is 0 Å². The predicted octanol–water partition coefficient (Wildman–Crippen LogP) is 1.91. The molecule has 3 nitrogen and oxygen atoms in total. The molecule has 1 aromatic rings. The molecule has 0 bridgehead atoms. The third-order valence-corrected chi connectivity index (χ3v) is 2.35. The molecule has 2 rings (SSSR count). The Bertz CT molecular complexity index is 458. The number of benzene rings is 1. The van der Waals surface area contributed by atoms with E-state index in [4.69, 9.17) is 4.74 Å². The van der Waals surface area contributed by atoms with Crippen molar-refractivity contribution in [1.82, 2.24) is 0 Å². The first-order chi connectivity index (χ1) is 7.20. The van der Waals surface area contributed by atoms with E-state index in [1.165, 1.54) is 13.2 Å². The summed E-state index contributed by atoms with van der Waals surface area (Å²) < 4.78 is 5.26. The molecule has 0 aromatic heterocycles. The minimum Gasteiger partial charge on any atom is -0.464 e. The molecule has 1 heterocycles. The van der Waals surface area contributed by atoms with Crippen molar-refractivity contribution >= 4 is 12.1 Å². The fourth-order valence-electron chi connectivity index (χ4n) is 1.52. The average Bonchev–Trinajstić information content (AvgIpc) is 2.27. The summed E-state index contributed by atoms with van der Waals surface area (Å²) in [7, 11) is 0. The van der Waals surface area contributed by atoms with Crippen molar-refractivity contribution in [2.24, 2.45) is 0 Å². The summed E-state index contributed by atoms with van der Waals surface area (Å²) in [5, 5.41) is 0. The molecule has 0 atom stereocenters. The van der Waals surface area contributed by atoms with E-state index in [9.17, 15) is 9.59 Å². The molecule has 1 aliphatic heterocycles. The van der Waals surface area contributed by atoms with Crippen molar-refractivity contribution < 1.29 is 14.3 Å². The summed E-state index contributed by atoms with van der Waals surface area (Å²) in [6.45, 7) is 1.52. The summed E-state index contributed by atoms with van der Waals surface area (Å²) in [5.41, 5.74) is 2.11. The lowest BCUT2D eigenvalue weighted by molar-refractivity contribution is -0.105. The van der Waals surface area contributed by atoms with E-state index in [1.807, 2.05) is 0 Å². The Morgan fingerprint density at radius 2 is 2.27 bits per heavy atom. The highest BCUT2D eigenvalue weighted by molar-refractivity contribution is 5.94. The van der Waals surface area contributed by atoms with Gasteiger partial charge < -0.3 is 4.74 Å². The van der Waals surface area contributed by atoms with Gasteiger partial charge >= 0.3 is 0 Å². The molecule has 3 heteroatoms. The highest BCUT2D eigenvalue weighted by atomic mass is 16.5. The first kappa shape index (κ1) is 9.65. The van der Waals surface area contributed by atoms with E-state index in [-0.39, 0.29) is 5.78 Å². The van der Waals surface area contributed by atoms with Gasteiger partial charge in [-0.1, -0.05) is 0 Å². The van der Waals surface area contributed by atoms with Crippen LogP contribution in [0.5, 0.6) is 5.75 Å². The van der Waals surface area contributed by atoms with Crippen molar-refractivity contribution in [2.75, 3.05) is 0 Å². The van der Waals surface area contributed by atoms with Crippen LogP contribution >= 0.6 is 0 Å². The molecule has 0 saturated carbocycles. The van der Waals surface area contributed by atoms with E-state index in [2.05, 4.69) is 0 Å². The van der Waals surface area contributed by atoms with Crippen LogP contribution in [0.3, 0.4) is 0 Å². The molecule has 0 radical (unpaired) electrons. The van der Waals surface area contributed by atoms with Crippen LogP contribution in [0.1, 0.15) is 22.8 Å². The summed E-state index contributed by atoms with van der Waals surface area (Å²) >= 11 is 0. The van der Waals surface area contributed by atoms with Gasteiger partial charge in [-0.3, -0.25) is 9.59 Å². The molecule has 0 aliphatic carbocycles.